The largest absolute Gasteiger partial charge is 0.298 e. The number of carbonyl (C=O) groups is 1. The molecule has 132 valence electrons. The van der Waals surface area contributed by atoms with Gasteiger partial charge in [0.25, 0.3) is 5.91 Å². The first-order valence-electron chi connectivity index (χ1n) is 8.47. The Kier molecular flexibility index (Phi) is 4.07. The van der Waals surface area contributed by atoms with Crippen LogP contribution in [-0.4, -0.2) is 22.3 Å². The fourth-order valence-electron chi connectivity index (χ4n) is 3.71. The Hall–Kier alpha value is -2.60. The van der Waals surface area contributed by atoms with Crippen LogP contribution in [0.4, 0.5) is 0 Å². The molecular weight excluding hydrogens is 344 g/mol. The van der Waals surface area contributed by atoms with Crippen LogP contribution in [0.25, 0.3) is 5.70 Å². The molecule has 4 rings (SSSR count). The Bertz CT molecular complexity index is 1050. The summed E-state index contributed by atoms with van der Waals surface area (Å²) < 4.78 is 0. The van der Waals surface area contributed by atoms with E-state index in [9.17, 15) is 4.79 Å². The van der Waals surface area contributed by atoms with E-state index in [-0.39, 0.29) is 12.1 Å². The molecule has 0 radical (unpaired) electrons. The number of amidine groups is 1. The van der Waals surface area contributed by atoms with E-state index < -0.39 is 0 Å². The van der Waals surface area contributed by atoms with Crippen molar-refractivity contribution < 1.29 is 4.79 Å². The quantitative estimate of drug-likeness (QED) is 0.843. The minimum atomic E-state index is -0.353. The molecule has 26 heavy (non-hydrogen) atoms. The number of hydrazone groups is 1. The molecule has 6 heteroatoms. The number of rotatable bonds is 1. The van der Waals surface area contributed by atoms with E-state index in [1.54, 1.807) is 5.01 Å². The predicted octanol–water partition coefficient (Wildman–Crippen LogP) is 2.12. The van der Waals surface area contributed by atoms with Gasteiger partial charge in [-0.05, 0) is 44.2 Å². The van der Waals surface area contributed by atoms with Crippen LogP contribution in [-0.2, 0) is 4.79 Å². The zero-order chi connectivity index (χ0) is 18.4. The Balaban J connectivity index is 2.03. The highest BCUT2D eigenvalue weighted by Crippen LogP contribution is 2.34. The molecule has 0 bridgehead atoms. The first kappa shape index (κ1) is 16.8. The van der Waals surface area contributed by atoms with E-state index in [1.165, 1.54) is 17.3 Å². The van der Waals surface area contributed by atoms with Crippen molar-refractivity contribution in [2.75, 3.05) is 6.26 Å². The lowest BCUT2D eigenvalue weighted by Crippen LogP contribution is -2.50. The molecule has 0 aromatic heterocycles. The van der Waals surface area contributed by atoms with Crippen LogP contribution in [0.2, 0.25) is 0 Å². The maximum atomic E-state index is 12.8. The summed E-state index contributed by atoms with van der Waals surface area (Å²) in [5.41, 5.74) is 5.18. The molecule has 0 fully saturated rings. The predicted molar refractivity (Wildman–Crippen MR) is 105 cm³/mol. The molecule has 2 aromatic carbocycles. The normalized spacial score (nSPS) is 18.5. The molecule has 5 nitrogen and oxygen atoms in total. The van der Waals surface area contributed by atoms with E-state index >= 15 is 0 Å². The number of fused-ring (bicyclic) bond motifs is 2. The third-order valence-corrected chi connectivity index (χ3v) is 5.28. The van der Waals surface area contributed by atoms with Crippen molar-refractivity contribution >= 4 is 28.5 Å². The van der Waals surface area contributed by atoms with Crippen LogP contribution < -0.4 is 15.9 Å². The molecule has 2 aliphatic rings. The molecule has 0 saturated heterocycles. The van der Waals surface area contributed by atoms with Crippen LogP contribution in [0.5, 0.6) is 0 Å². The van der Waals surface area contributed by atoms with Gasteiger partial charge in [0.05, 0.1) is 5.36 Å². The minimum Gasteiger partial charge on any atom is -0.298 e. The van der Waals surface area contributed by atoms with Crippen LogP contribution in [0.1, 0.15) is 28.4 Å². The van der Waals surface area contributed by atoms with Crippen LogP contribution in [0.3, 0.4) is 0 Å². The SMILES string of the molecule is CSC1=NN2C(=c3ccccc3=N[C@@H]2c2c(C)cc(C)cc2C)C(=O)N1. The molecule has 1 atom stereocenters. The van der Waals surface area contributed by atoms with Crippen molar-refractivity contribution in [2.45, 2.75) is 26.9 Å². The van der Waals surface area contributed by atoms with Crippen molar-refractivity contribution in [1.29, 1.82) is 0 Å². The number of benzene rings is 2. The van der Waals surface area contributed by atoms with E-state index in [0.717, 1.165) is 27.3 Å². The molecule has 2 aliphatic heterocycles. The second-order valence-corrected chi connectivity index (χ2v) is 7.38. The highest BCUT2D eigenvalue weighted by molar-refractivity contribution is 8.13. The molecule has 2 heterocycles. The molecule has 0 unspecified atom stereocenters. The third-order valence-electron chi connectivity index (χ3n) is 4.70. The van der Waals surface area contributed by atoms with E-state index in [4.69, 9.17) is 4.99 Å². The van der Waals surface area contributed by atoms with Gasteiger partial charge in [0.15, 0.2) is 11.3 Å². The van der Waals surface area contributed by atoms with Gasteiger partial charge in [-0.2, -0.15) is 0 Å². The fraction of sp³-hybridized carbons (Fsp3) is 0.250. The van der Waals surface area contributed by atoms with Crippen LogP contribution >= 0.6 is 11.8 Å². The van der Waals surface area contributed by atoms with Gasteiger partial charge in [-0.25, -0.2) is 5.01 Å². The van der Waals surface area contributed by atoms with E-state index in [1.807, 2.05) is 30.5 Å². The number of carbonyl (C=O) groups excluding carboxylic acids is 1. The number of thioether (sulfide) groups is 1. The Morgan fingerprint density at radius 3 is 2.50 bits per heavy atom. The summed E-state index contributed by atoms with van der Waals surface area (Å²) in [7, 11) is 0. The van der Waals surface area contributed by atoms with Crippen LogP contribution in [0.15, 0.2) is 46.5 Å². The smallest absolute Gasteiger partial charge is 0.276 e. The lowest BCUT2D eigenvalue weighted by Gasteiger charge is -2.35. The van der Waals surface area contributed by atoms with E-state index in [0.29, 0.717) is 10.9 Å². The molecular formula is C20H20N4OS. The first-order chi connectivity index (χ1) is 12.5. The maximum absolute atomic E-state index is 12.8. The van der Waals surface area contributed by atoms with Gasteiger partial charge in [0.1, 0.15) is 5.70 Å². The number of aryl methyl sites for hydroxylation is 3. The summed E-state index contributed by atoms with van der Waals surface area (Å²) in [6.45, 7) is 6.27. The summed E-state index contributed by atoms with van der Waals surface area (Å²) in [5, 5.41) is 11.5. The second kappa shape index (κ2) is 6.29. The van der Waals surface area contributed by atoms with Gasteiger partial charge >= 0.3 is 0 Å². The zero-order valence-corrected chi connectivity index (χ0v) is 16.0. The third kappa shape index (κ3) is 2.61. The van der Waals surface area contributed by atoms with Crippen molar-refractivity contribution in [1.82, 2.24) is 10.3 Å². The number of amides is 1. The van der Waals surface area contributed by atoms with Gasteiger partial charge in [0.2, 0.25) is 0 Å². The number of nitrogens with one attached hydrogen (secondary N) is 1. The highest BCUT2D eigenvalue weighted by Gasteiger charge is 2.35. The lowest BCUT2D eigenvalue weighted by atomic mass is 9.96. The lowest BCUT2D eigenvalue weighted by molar-refractivity contribution is -0.116. The monoisotopic (exact) mass is 364 g/mol. The average molecular weight is 364 g/mol. The van der Waals surface area contributed by atoms with Gasteiger partial charge in [0, 0.05) is 10.8 Å². The number of para-hydroxylation sites is 1. The molecule has 0 spiro atoms. The van der Waals surface area contributed by atoms with Gasteiger partial charge < -0.3 is 0 Å². The summed E-state index contributed by atoms with van der Waals surface area (Å²) in [6.07, 6.45) is 1.55. The maximum Gasteiger partial charge on any atom is 0.276 e. The van der Waals surface area contributed by atoms with Gasteiger partial charge in [-0.3, -0.25) is 15.1 Å². The Morgan fingerprint density at radius 1 is 1.12 bits per heavy atom. The summed E-state index contributed by atoms with van der Waals surface area (Å²) in [4.78, 5) is 17.8. The van der Waals surface area contributed by atoms with Crippen molar-refractivity contribution in [3.8, 4) is 0 Å². The molecule has 1 amide bonds. The standard InChI is InChI=1S/C20H20N4OS/c1-11-9-12(2)16(13(3)10-11)18-21-15-8-6-5-7-14(15)17-19(25)22-20(26-4)23-24(17)18/h5-10,18H,1-4H3,(H,22,23,25)/t18-/m0/s1. The van der Waals surface area contributed by atoms with Gasteiger partial charge in [-0.15, -0.1) is 5.10 Å². The Labute approximate surface area is 156 Å². The first-order valence-corrected chi connectivity index (χ1v) is 9.70. The Morgan fingerprint density at radius 2 is 1.81 bits per heavy atom. The molecule has 2 aromatic rings. The molecule has 0 aliphatic carbocycles. The topological polar surface area (TPSA) is 57.1 Å². The number of hydrogen-bond donors (Lipinski definition) is 1. The van der Waals surface area contributed by atoms with E-state index in [2.05, 4.69) is 43.3 Å². The minimum absolute atomic E-state index is 0.140. The average Bonchev–Trinajstić information content (AvgIpc) is 2.60. The van der Waals surface area contributed by atoms with Crippen molar-refractivity contribution in [2.24, 2.45) is 10.1 Å². The van der Waals surface area contributed by atoms with Crippen molar-refractivity contribution in [3.63, 3.8) is 0 Å². The van der Waals surface area contributed by atoms with Gasteiger partial charge in [-0.1, -0.05) is 47.7 Å². The van der Waals surface area contributed by atoms with Crippen molar-refractivity contribution in [3.05, 3.63) is 69.2 Å². The summed E-state index contributed by atoms with van der Waals surface area (Å²) >= 11 is 1.42. The number of nitrogens with zero attached hydrogens (tertiary/aromatic N) is 3. The molecule has 1 N–H and O–H groups in total. The highest BCUT2D eigenvalue weighted by atomic mass is 32.2. The molecule has 0 saturated carbocycles. The van der Waals surface area contributed by atoms with Crippen LogP contribution in [0, 0.1) is 20.8 Å². The second-order valence-electron chi connectivity index (χ2n) is 6.59. The zero-order valence-electron chi connectivity index (χ0n) is 15.2. The number of hydrogen-bond acceptors (Lipinski definition) is 5. The fourth-order valence-corrected chi connectivity index (χ4v) is 4.07. The summed E-state index contributed by atoms with van der Waals surface area (Å²) in [6, 6.07) is 12.0. The summed E-state index contributed by atoms with van der Waals surface area (Å²) in [5.74, 6) is -0.140.